The molecule has 228 valence electrons. The van der Waals surface area contributed by atoms with Crippen LogP contribution in [0.25, 0.3) is 0 Å². The molecule has 0 saturated heterocycles. The Kier molecular flexibility index (Phi) is 12.8. The second-order valence-corrected chi connectivity index (χ2v) is 10.5. The fraction of sp³-hybridized carbons (Fsp3) is 0.414. The average molecular weight is 586 g/mol. The number of phenolic OH excluding ortho intramolecular Hbond substituents is 2. The third kappa shape index (κ3) is 11.5. The lowest BCUT2D eigenvalue weighted by Gasteiger charge is -2.25. The smallest absolute Gasteiger partial charge is 0.326 e. The number of carboxylic acids is 1. The highest BCUT2D eigenvalue weighted by molar-refractivity contribution is 5.94. The lowest BCUT2D eigenvalue weighted by atomic mass is 10.0. The van der Waals surface area contributed by atoms with Gasteiger partial charge in [-0.1, -0.05) is 38.1 Å². The van der Waals surface area contributed by atoms with Gasteiger partial charge in [-0.15, -0.1) is 0 Å². The molecule has 0 fully saturated rings. The molecule has 0 aliphatic carbocycles. The molecule has 2 rings (SSSR count). The van der Waals surface area contributed by atoms with Crippen molar-refractivity contribution in [2.45, 2.75) is 70.1 Å². The topological polar surface area (TPSA) is 234 Å². The number of aliphatic carboxylic acids is 1. The van der Waals surface area contributed by atoms with Gasteiger partial charge in [-0.2, -0.15) is 0 Å². The van der Waals surface area contributed by atoms with Crippen molar-refractivity contribution in [2.75, 3.05) is 0 Å². The number of hydrogen-bond acceptors (Lipinski definition) is 8. The SMILES string of the molecule is CC(C)CC(N)C(=O)NC(CCC(N)=O)C(=O)NC(Cc1ccc(O)cc1)C(=O)NC(Cc1ccc(O)cc1)C(=O)O. The minimum atomic E-state index is -1.37. The molecule has 4 unspecified atom stereocenters. The highest BCUT2D eigenvalue weighted by Crippen LogP contribution is 2.14. The van der Waals surface area contributed by atoms with Gasteiger partial charge in [0.05, 0.1) is 6.04 Å². The highest BCUT2D eigenvalue weighted by Gasteiger charge is 2.31. The summed E-state index contributed by atoms with van der Waals surface area (Å²) in [6, 6.07) is 6.80. The molecule has 0 aromatic heterocycles. The van der Waals surface area contributed by atoms with Crippen LogP contribution in [0.15, 0.2) is 48.5 Å². The first-order chi connectivity index (χ1) is 19.7. The van der Waals surface area contributed by atoms with E-state index in [-0.39, 0.29) is 43.1 Å². The molecule has 4 amide bonds. The number of rotatable bonds is 16. The van der Waals surface area contributed by atoms with Crippen molar-refractivity contribution in [1.29, 1.82) is 0 Å². The molecule has 0 heterocycles. The zero-order valence-corrected chi connectivity index (χ0v) is 23.6. The minimum Gasteiger partial charge on any atom is -0.508 e. The van der Waals surface area contributed by atoms with E-state index in [2.05, 4.69) is 16.0 Å². The van der Waals surface area contributed by atoms with Gasteiger partial charge in [-0.05, 0) is 54.2 Å². The Morgan fingerprint density at radius 3 is 1.60 bits per heavy atom. The minimum absolute atomic E-state index is 0.00511. The van der Waals surface area contributed by atoms with Gasteiger partial charge < -0.3 is 42.7 Å². The molecular formula is C29H39N5O8. The molecule has 4 atom stereocenters. The number of carbonyl (C=O) groups excluding carboxylic acids is 4. The van der Waals surface area contributed by atoms with E-state index in [9.17, 15) is 39.3 Å². The Morgan fingerprint density at radius 1 is 0.714 bits per heavy atom. The lowest BCUT2D eigenvalue weighted by Crippen LogP contribution is -2.58. The maximum Gasteiger partial charge on any atom is 0.326 e. The van der Waals surface area contributed by atoms with Gasteiger partial charge in [-0.25, -0.2) is 4.79 Å². The summed E-state index contributed by atoms with van der Waals surface area (Å²) in [4.78, 5) is 62.9. The number of phenols is 2. The quantitative estimate of drug-likeness (QED) is 0.133. The second-order valence-electron chi connectivity index (χ2n) is 10.5. The van der Waals surface area contributed by atoms with E-state index in [1.54, 1.807) is 0 Å². The van der Waals surface area contributed by atoms with Crippen molar-refractivity contribution in [3.05, 3.63) is 59.7 Å². The highest BCUT2D eigenvalue weighted by atomic mass is 16.4. The Labute approximate surface area is 243 Å². The first-order valence-corrected chi connectivity index (χ1v) is 13.5. The van der Waals surface area contributed by atoms with E-state index in [1.807, 2.05) is 13.8 Å². The van der Waals surface area contributed by atoms with Crippen LogP contribution >= 0.6 is 0 Å². The summed E-state index contributed by atoms with van der Waals surface area (Å²) in [5, 5.41) is 36.4. The van der Waals surface area contributed by atoms with Crippen LogP contribution in [0.2, 0.25) is 0 Å². The molecule has 0 aliphatic rings. The largest absolute Gasteiger partial charge is 0.508 e. The van der Waals surface area contributed by atoms with Crippen LogP contribution < -0.4 is 27.4 Å². The Bertz CT molecular complexity index is 1230. The zero-order valence-electron chi connectivity index (χ0n) is 23.6. The van der Waals surface area contributed by atoms with Crippen molar-refractivity contribution >= 4 is 29.6 Å². The molecule has 42 heavy (non-hydrogen) atoms. The molecule has 0 aliphatic heterocycles. The Balaban J connectivity index is 2.29. The number of carbonyl (C=O) groups is 5. The monoisotopic (exact) mass is 585 g/mol. The van der Waals surface area contributed by atoms with Crippen LogP contribution in [-0.2, 0) is 36.8 Å². The van der Waals surface area contributed by atoms with E-state index >= 15 is 0 Å². The van der Waals surface area contributed by atoms with E-state index in [0.717, 1.165) is 0 Å². The molecular weight excluding hydrogens is 546 g/mol. The molecule has 13 nitrogen and oxygen atoms in total. The molecule has 0 spiro atoms. The van der Waals surface area contributed by atoms with Gasteiger partial charge in [0.2, 0.25) is 23.6 Å². The van der Waals surface area contributed by atoms with Crippen LogP contribution in [0, 0.1) is 5.92 Å². The number of benzene rings is 2. The third-order valence-corrected chi connectivity index (χ3v) is 6.37. The number of nitrogens with one attached hydrogen (secondary N) is 3. The predicted octanol–water partition coefficient (Wildman–Crippen LogP) is 0.0609. The van der Waals surface area contributed by atoms with Crippen molar-refractivity contribution in [2.24, 2.45) is 17.4 Å². The number of aromatic hydroxyl groups is 2. The normalized spacial score (nSPS) is 13.8. The van der Waals surface area contributed by atoms with Gasteiger partial charge in [0.25, 0.3) is 0 Å². The van der Waals surface area contributed by atoms with E-state index < -0.39 is 53.8 Å². The summed E-state index contributed by atoms with van der Waals surface area (Å²) in [7, 11) is 0. The maximum atomic E-state index is 13.4. The third-order valence-electron chi connectivity index (χ3n) is 6.37. The van der Waals surface area contributed by atoms with Gasteiger partial charge in [0, 0.05) is 19.3 Å². The predicted molar refractivity (Wildman–Crippen MR) is 153 cm³/mol. The van der Waals surface area contributed by atoms with E-state index in [0.29, 0.717) is 17.5 Å². The van der Waals surface area contributed by atoms with Gasteiger partial charge in [-0.3, -0.25) is 19.2 Å². The van der Waals surface area contributed by atoms with Crippen molar-refractivity contribution in [3.8, 4) is 11.5 Å². The lowest BCUT2D eigenvalue weighted by molar-refractivity contribution is -0.142. The fourth-order valence-corrected chi connectivity index (χ4v) is 4.14. The second kappa shape index (κ2) is 16.0. The first-order valence-electron chi connectivity index (χ1n) is 13.5. The molecule has 2 aromatic carbocycles. The Morgan fingerprint density at radius 2 is 1.14 bits per heavy atom. The van der Waals surface area contributed by atoms with Crippen LogP contribution in [0.3, 0.4) is 0 Å². The van der Waals surface area contributed by atoms with E-state index in [4.69, 9.17) is 11.5 Å². The summed E-state index contributed by atoms with van der Waals surface area (Å²) in [5.41, 5.74) is 12.3. The molecule has 0 bridgehead atoms. The van der Waals surface area contributed by atoms with Crippen molar-refractivity contribution in [1.82, 2.24) is 16.0 Å². The molecule has 13 heteroatoms. The van der Waals surface area contributed by atoms with Crippen molar-refractivity contribution in [3.63, 3.8) is 0 Å². The first kappa shape index (κ1) is 33.6. The molecule has 2 aromatic rings. The number of hydrogen-bond donors (Lipinski definition) is 8. The van der Waals surface area contributed by atoms with Gasteiger partial charge >= 0.3 is 5.97 Å². The molecule has 0 saturated carbocycles. The molecule has 10 N–H and O–H groups in total. The standard InChI is InChI=1S/C29H39N5O8/c1-16(2)13-21(30)26(38)32-22(11-12-25(31)37)27(39)33-23(14-17-3-7-19(35)8-4-17)28(40)34-24(29(41)42)15-18-5-9-20(36)10-6-18/h3-10,16,21-24,35-36H,11-15,30H2,1-2H3,(H2,31,37)(H,32,38)(H,33,39)(H,34,40)(H,41,42). The molecule has 0 radical (unpaired) electrons. The zero-order chi connectivity index (χ0) is 31.4. The van der Waals surface area contributed by atoms with Crippen LogP contribution in [0.4, 0.5) is 0 Å². The summed E-state index contributed by atoms with van der Waals surface area (Å²) >= 11 is 0. The summed E-state index contributed by atoms with van der Waals surface area (Å²) in [6.07, 6.45) is -0.244. The van der Waals surface area contributed by atoms with Gasteiger partial charge in [0.15, 0.2) is 0 Å². The summed E-state index contributed by atoms with van der Waals surface area (Å²) < 4.78 is 0. The van der Waals surface area contributed by atoms with Crippen LogP contribution in [0.1, 0.15) is 44.2 Å². The average Bonchev–Trinajstić information content (AvgIpc) is 2.91. The van der Waals surface area contributed by atoms with Crippen LogP contribution in [0.5, 0.6) is 11.5 Å². The van der Waals surface area contributed by atoms with Gasteiger partial charge in [0.1, 0.15) is 29.6 Å². The maximum absolute atomic E-state index is 13.4. The van der Waals surface area contributed by atoms with Crippen molar-refractivity contribution < 1.29 is 39.3 Å². The summed E-state index contributed by atoms with van der Waals surface area (Å²) in [6.45, 7) is 3.76. The Hall–Kier alpha value is -4.65. The number of nitrogens with two attached hydrogens (primary N) is 2. The number of amides is 4. The summed E-state index contributed by atoms with van der Waals surface area (Å²) in [5.74, 6) is -4.18. The fourth-order valence-electron chi connectivity index (χ4n) is 4.14. The van der Waals surface area contributed by atoms with E-state index in [1.165, 1.54) is 48.5 Å². The number of carboxylic acid groups (broad SMARTS) is 1. The van der Waals surface area contributed by atoms with Crippen LogP contribution in [-0.4, -0.2) is 69.1 Å². The number of primary amides is 1.